The molecule has 1 aliphatic heterocycles. The monoisotopic (exact) mass is 496 g/mol. The maximum absolute atomic E-state index is 12.7. The molecule has 2 aliphatic rings. The van der Waals surface area contributed by atoms with Crippen molar-refractivity contribution in [2.75, 3.05) is 31.5 Å². The van der Waals surface area contributed by atoms with Crippen molar-refractivity contribution in [1.29, 1.82) is 0 Å². The van der Waals surface area contributed by atoms with Crippen LogP contribution in [0.2, 0.25) is 0 Å². The van der Waals surface area contributed by atoms with E-state index < -0.39 is 11.9 Å². The molecule has 8 nitrogen and oxygen atoms in total. The highest BCUT2D eigenvalue weighted by Crippen LogP contribution is 2.28. The Morgan fingerprint density at radius 1 is 1.06 bits per heavy atom. The van der Waals surface area contributed by atoms with Gasteiger partial charge < -0.3 is 15.0 Å². The van der Waals surface area contributed by atoms with Crippen LogP contribution in [-0.2, 0) is 19.1 Å². The first-order chi connectivity index (χ1) is 17.3. The number of halogens is 3. The molecule has 1 aliphatic carbocycles. The number of amides is 2. The molecule has 1 aromatic carbocycles. The van der Waals surface area contributed by atoms with Crippen molar-refractivity contribution in [3.63, 3.8) is 0 Å². The van der Waals surface area contributed by atoms with Gasteiger partial charge in [-0.3, -0.25) is 9.88 Å². The number of anilines is 1. The normalized spacial score (nSPS) is 15.6. The summed E-state index contributed by atoms with van der Waals surface area (Å²) in [4.78, 5) is 21.1. The molecule has 2 amide bonds. The topological polar surface area (TPSA) is 83.5 Å². The summed E-state index contributed by atoms with van der Waals surface area (Å²) in [5.41, 5.74) is 2.64. The molecular formula is C25H23F3N6O2. The zero-order valence-electron chi connectivity index (χ0n) is 19.2. The van der Waals surface area contributed by atoms with Gasteiger partial charge >= 0.3 is 12.2 Å². The summed E-state index contributed by atoms with van der Waals surface area (Å²) >= 11 is 0. The Hall–Kier alpha value is -3.99. The van der Waals surface area contributed by atoms with Gasteiger partial charge in [0.05, 0.1) is 17.6 Å². The van der Waals surface area contributed by atoms with Gasteiger partial charge in [0.15, 0.2) is 5.69 Å². The van der Waals surface area contributed by atoms with Crippen LogP contribution in [0.15, 0.2) is 54.7 Å². The van der Waals surface area contributed by atoms with Crippen molar-refractivity contribution >= 4 is 17.8 Å². The maximum atomic E-state index is 12.7. The van der Waals surface area contributed by atoms with Crippen molar-refractivity contribution < 1.29 is 22.7 Å². The minimum Gasteiger partial charge on any atom is -0.438 e. The maximum Gasteiger partial charge on any atom is 0.435 e. The molecule has 0 atom stereocenters. The lowest BCUT2D eigenvalue weighted by Crippen LogP contribution is -2.49. The minimum absolute atomic E-state index is 0.0191. The smallest absolute Gasteiger partial charge is 0.435 e. The van der Waals surface area contributed by atoms with E-state index in [2.05, 4.69) is 25.4 Å². The fourth-order valence-electron chi connectivity index (χ4n) is 4.11. The Morgan fingerprint density at radius 2 is 1.89 bits per heavy atom. The van der Waals surface area contributed by atoms with E-state index in [9.17, 15) is 18.0 Å². The van der Waals surface area contributed by atoms with Crippen LogP contribution >= 0.6 is 0 Å². The highest BCUT2D eigenvalue weighted by Gasteiger charge is 2.33. The molecule has 36 heavy (non-hydrogen) atoms. The van der Waals surface area contributed by atoms with Crippen LogP contribution in [0.3, 0.4) is 0 Å². The lowest BCUT2D eigenvalue weighted by molar-refractivity contribution is -0.141. The predicted octanol–water partition coefficient (Wildman–Crippen LogP) is 4.60. The zero-order chi connectivity index (χ0) is 25.1. The minimum atomic E-state index is -4.55. The number of benzene rings is 1. The van der Waals surface area contributed by atoms with Crippen LogP contribution in [0.4, 0.5) is 23.7 Å². The molecular weight excluding hydrogens is 473 g/mol. The molecule has 0 spiro atoms. The van der Waals surface area contributed by atoms with Crippen molar-refractivity contribution in [2.24, 2.45) is 0 Å². The Labute approximate surface area is 205 Å². The molecule has 1 saturated heterocycles. The van der Waals surface area contributed by atoms with Gasteiger partial charge in [-0.2, -0.15) is 13.2 Å². The summed E-state index contributed by atoms with van der Waals surface area (Å²) < 4.78 is 43.5. The van der Waals surface area contributed by atoms with E-state index in [0.717, 1.165) is 35.4 Å². The molecule has 0 radical (unpaired) electrons. The molecule has 186 valence electrons. The number of allylic oxidation sites excluding steroid dienone is 1. The standard InChI is InChI=1S/C25H23F3N6O2/c26-25(27,28)22-7-8-23(32-31-22)36-20-5-1-3-17(13-20)16-33-9-11-34(12-10-33)24(35)30-19-14-18-4-2-6-21(18)29-15-19/h1-5,7-8,13-15H,6,9-12,16H2,(H,30,35). The number of nitrogens with one attached hydrogen (secondary N) is 1. The van der Waals surface area contributed by atoms with Crippen LogP contribution in [0.1, 0.15) is 22.5 Å². The van der Waals surface area contributed by atoms with Gasteiger partial charge in [-0.15, -0.1) is 10.2 Å². The number of nitrogens with zero attached hydrogens (tertiary/aromatic N) is 5. The third-order valence-electron chi connectivity index (χ3n) is 5.98. The number of aromatic nitrogens is 3. The number of rotatable bonds is 5. The Morgan fingerprint density at radius 3 is 2.64 bits per heavy atom. The second-order valence-electron chi connectivity index (χ2n) is 8.56. The van der Waals surface area contributed by atoms with Gasteiger partial charge in [0.2, 0.25) is 5.88 Å². The predicted molar refractivity (Wildman–Crippen MR) is 126 cm³/mol. The number of pyridine rings is 1. The van der Waals surface area contributed by atoms with E-state index in [1.54, 1.807) is 17.2 Å². The van der Waals surface area contributed by atoms with Gasteiger partial charge in [-0.05, 0) is 35.4 Å². The summed E-state index contributed by atoms with van der Waals surface area (Å²) in [6.07, 6.45) is 2.02. The number of fused-ring (bicyclic) bond motifs is 1. The van der Waals surface area contributed by atoms with Gasteiger partial charge in [0.1, 0.15) is 5.75 Å². The molecule has 3 heterocycles. The molecule has 3 aromatic rings. The zero-order valence-corrected chi connectivity index (χ0v) is 19.2. The first kappa shape index (κ1) is 23.7. The van der Waals surface area contributed by atoms with E-state index in [1.165, 1.54) is 0 Å². The average molecular weight is 496 g/mol. The number of urea groups is 1. The van der Waals surface area contributed by atoms with E-state index in [0.29, 0.717) is 44.2 Å². The Kier molecular flexibility index (Phi) is 6.55. The summed E-state index contributed by atoms with van der Waals surface area (Å²) in [5.74, 6) is 0.437. The second-order valence-corrected chi connectivity index (χ2v) is 8.56. The highest BCUT2D eigenvalue weighted by molar-refractivity contribution is 5.89. The number of hydrogen-bond donors (Lipinski definition) is 1. The largest absolute Gasteiger partial charge is 0.438 e. The number of ether oxygens (including phenoxy) is 1. The first-order valence-electron chi connectivity index (χ1n) is 11.4. The lowest BCUT2D eigenvalue weighted by Gasteiger charge is -2.34. The van der Waals surface area contributed by atoms with Crippen LogP contribution in [0.5, 0.6) is 11.6 Å². The first-order valence-corrected chi connectivity index (χ1v) is 11.4. The number of carbonyl (C=O) groups is 1. The third-order valence-corrected chi connectivity index (χ3v) is 5.98. The molecule has 0 unspecified atom stereocenters. The fraction of sp³-hybridized carbons (Fsp3) is 0.280. The number of hydrogen-bond acceptors (Lipinski definition) is 6. The summed E-state index contributed by atoms with van der Waals surface area (Å²) in [5, 5.41) is 9.61. The molecule has 0 bridgehead atoms. The highest BCUT2D eigenvalue weighted by atomic mass is 19.4. The van der Waals surface area contributed by atoms with Crippen molar-refractivity contribution in [3.05, 3.63) is 77.3 Å². The molecule has 1 fully saturated rings. The van der Waals surface area contributed by atoms with Crippen molar-refractivity contribution in [1.82, 2.24) is 25.0 Å². The molecule has 5 rings (SSSR count). The van der Waals surface area contributed by atoms with Crippen LogP contribution in [0.25, 0.3) is 6.08 Å². The summed E-state index contributed by atoms with van der Waals surface area (Å²) in [6.45, 7) is 3.22. The second kappa shape index (κ2) is 9.94. The van der Waals surface area contributed by atoms with E-state index >= 15 is 0 Å². The van der Waals surface area contributed by atoms with Crippen LogP contribution < -0.4 is 10.1 Å². The Bertz CT molecular complexity index is 1270. The van der Waals surface area contributed by atoms with E-state index in [-0.39, 0.29) is 11.9 Å². The molecule has 2 aromatic heterocycles. The SMILES string of the molecule is O=C(Nc1cnc2c(c1)C=CC2)N1CCN(Cc2cccc(Oc3ccc(C(F)(F)F)nn3)c2)CC1. The summed E-state index contributed by atoms with van der Waals surface area (Å²) in [6, 6.07) is 11.0. The lowest BCUT2D eigenvalue weighted by atomic mass is 10.2. The quantitative estimate of drug-likeness (QED) is 0.556. The van der Waals surface area contributed by atoms with Gasteiger partial charge in [0, 0.05) is 45.2 Å². The molecule has 11 heteroatoms. The Balaban J connectivity index is 1.12. The number of alkyl halides is 3. The number of piperazine rings is 1. The molecule has 1 N–H and O–H groups in total. The fourth-order valence-corrected chi connectivity index (χ4v) is 4.11. The van der Waals surface area contributed by atoms with Gasteiger partial charge in [-0.1, -0.05) is 24.3 Å². The van der Waals surface area contributed by atoms with Crippen LogP contribution in [-0.4, -0.2) is 57.2 Å². The van der Waals surface area contributed by atoms with Crippen molar-refractivity contribution in [2.45, 2.75) is 19.1 Å². The summed E-state index contributed by atoms with van der Waals surface area (Å²) in [7, 11) is 0. The molecule has 0 saturated carbocycles. The van der Waals surface area contributed by atoms with Gasteiger partial charge in [-0.25, -0.2) is 4.79 Å². The van der Waals surface area contributed by atoms with Crippen LogP contribution in [0, 0.1) is 0 Å². The van der Waals surface area contributed by atoms with E-state index in [1.807, 2.05) is 36.4 Å². The van der Waals surface area contributed by atoms with Gasteiger partial charge in [0.25, 0.3) is 0 Å². The average Bonchev–Trinajstić information content (AvgIpc) is 3.32. The number of carbonyl (C=O) groups excluding carboxylic acids is 1. The third kappa shape index (κ3) is 5.62. The van der Waals surface area contributed by atoms with E-state index in [4.69, 9.17) is 4.74 Å². The van der Waals surface area contributed by atoms with Crippen molar-refractivity contribution in [3.8, 4) is 11.6 Å².